The molecule has 0 atom stereocenters. The summed E-state index contributed by atoms with van der Waals surface area (Å²) in [4.78, 5) is 0. The third kappa shape index (κ3) is 2.39. The van der Waals surface area contributed by atoms with E-state index in [0.717, 1.165) is 8.95 Å². The first-order chi connectivity index (χ1) is 9.06. The van der Waals surface area contributed by atoms with Gasteiger partial charge in [0.05, 0.1) is 13.2 Å². The van der Waals surface area contributed by atoms with E-state index in [1.165, 1.54) is 33.4 Å². The second kappa shape index (κ2) is 5.04. The summed E-state index contributed by atoms with van der Waals surface area (Å²) >= 11 is 7.21. The number of benzene rings is 2. The van der Waals surface area contributed by atoms with Crippen LogP contribution in [0.5, 0.6) is 0 Å². The number of rotatable bonds is 0. The van der Waals surface area contributed by atoms with Gasteiger partial charge in [0.2, 0.25) is 0 Å². The van der Waals surface area contributed by atoms with Crippen LogP contribution in [0.15, 0.2) is 33.2 Å². The third-order valence-corrected chi connectivity index (χ3v) is 5.28. The largest absolute Gasteiger partial charge is 0.372 e. The quantitative estimate of drug-likeness (QED) is 0.583. The summed E-state index contributed by atoms with van der Waals surface area (Å²) in [5.41, 5.74) is 7.60. The lowest BCUT2D eigenvalue weighted by Gasteiger charge is -2.12. The Kier molecular flexibility index (Phi) is 3.54. The number of hydrogen-bond donors (Lipinski definition) is 0. The van der Waals surface area contributed by atoms with Crippen molar-refractivity contribution in [3.8, 4) is 11.1 Å². The SMILES string of the molecule is Cc1cc2c(cc1Br)COCc1cc(Br)c(C)cc1-2. The van der Waals surface area contributed by atoms with E-state index in [0.29, 0.717) is 13.2 Å². The van der Waals surface area contributed by atoms with Crippen LogP contribution in [0.2, 0.25) is 0 Å². The number of aryl methyl sites for hydroxylation is 2. The summed E-state index contributed by atoms with van der Waals surface area (Å²) in [6, 6.07) is 8.86. The first-order valence-corrected chi connectivity index (χ1v) is 7.81. The second-order valence-electron chi connectivity index (χ2n) is 5.01. The lowest BCUT2D eigenvalue weighted by Crippen LogP contribution is -1.92. The summed E-state index contributed by atoms with van der Waals surface area (Å²) in [6.07, 6.45) is 0. The monoisotopic (exact) mass is 380 g/mol. The summed E-state index contributed by atoms with van der Waals surface area (Å²) in [7, 11) is 0. The van der Waals surface area contributed by atoms with E-state index in [1.54, 1.807) is 0 Å². The van der Waals surface area contributed by atoms with Gasteiger partial charge >= 0.3 is 0 Å². The minimum Gasteiger partial charge on any atom is -0.372 e. The van der Waals surface area contributed by atoms with Crippen LogP contribution in [0, 0.1) is 13.8 Å². The molecule has 0 N–H and O–H groups in total. The zero-order chi connectivity index (χ0) is 13.6. The predicted molar refractivity (Wildman–Crippen MR) is 85.2 cm³/mol. The Balaban J connectivity index is 2.29. The van der Waals surface area contributed by atoms with Crippen LogP contribution in [0.25, 0.3) is 11.1 Å². The van der Waals surface area contributed by atoms with Gasteiger partial charge in [-0.15, -0.1) is 0 Å². The van der Waals surface area contributed by atoms with Crippen molar-refractivity contribution in [2.45, 2.75) is 27.1 Å². The van der Waals surface area contributed by atoms with Crippen molar-refractivity contribution in [3.63, 3.8) is 0 Å². The number of fused-ring (bicyclic) bond motifs is 3. The van der Waals surface area contributed by atoms with Gasteiger partial charge in [0.1, 0.15) is 0 Å². The first-order valence-electron chi connectivity index (χ1n) is 6.22. The molecule has 0 unspecified atom stereocenters. The molecule has 0 aromatic heterocycles. The molecule has 0 radical (unpaired) electrons. The molecule has 0 bridgehead atoms. The van der Waals surface area contributed by atoms with Crippen LogP contribution >= 0.6 is 31.9 Å². The Morgan fingerprint density at radius 3 is 1.63 bits per heavy atom. The van der Waals surface area contributed by atoms with E-state index in [9.17, 15) is 0 Å². The Hall–Kier alpha value is -0.640. The molecule has 0 saturated carbocycles. The molecule has 0 fully saturated rings. The summed E-state index contributed by atoms with van der Waals surface area (Å²) in [5.74, 6) is 0. The third-order valence-electron chi connectivity index (χ3n) is 3.57. The maximum absolute atomic E-state index is 5.80. The van der Waals surface area contributed by atoms with E-state index >= 15 is 0 Å². The number of hydrogen-bond acceptors (Lipinski definition) is 1. The zero-order valence-electron chi connectivity index (χ0n) is 10.9. The summed E-state index contributed by atoms with van der Waals surface area (Å²) in [5, 5.41) is 0. The molecule has 1 aliphatic rings. The van der Waals surface area contributed by atoms with Gasteiger partial charge in [-0.05, 0) is 71.5 Å². The minimum atomic E-state index is 0.666. The maximum Gasteiger partial charge on any atom is 0.0727 e. The fourth-order valence-electron chi connectivity index (χ4n) is 2.46. The highest BCUT2D eigenvalue weighted by molar-refractivity contribution is 9.10. The minimum absolute atomic E-state index is 0.666. The molecule has 0 spiro atoms. The maximum atomic E-state index is 5.80. The van der Waals surface area contributed by atoms with Crippen LogP contribution in [-0.4, -0.2) is 0 Å². The Morgan fingerprint density at radius 1 is 0.789 bits per heavy atom. The second-order valence-corrected chi connectivity index (χ2v) is 6.72. The van der Waals surface area contributed by atoms with Crippen molar-refractivity contribution in [2.75, 3.05) is 0 Å². The van der Waals surface area contributed by atoms with Gasteiger partial charge in [-0.1, -0.05) is 31.9 Å². The Morgan fingerprint density at radius 2 is 1.21 bits per heavy atom. The molecular weight excluding hydrogens is 368 g/mol. The molecule has 2 aromatic rings. The molecule has 3 heteroatoms. The average molecular weight is 382 g/mol. The summed E-state index contributed by atoms with van der Waals surface area (Å²) in [6.45, 7) is 5.59. The average Bonchev–Trinajstić information content (AvgIpc) is 2.51. The van der Waals surface area contributed by atoms with E-state index in [4.69, 9.17) is 4.74 Å². The van der Waals surface area contributed by atoms with Gasteiger partial charge in [-0.2, -0.15) is 0 Å². The van der Waals surface area contributed by atoms with E-state index < -0.39 is 0 Å². The highest BCUT2D eigenvalue weighted by Gasteiger charge is 2.17. The van der Waals surface area contributed by atoms with Gasteiger partial charge in [0.25, 0.3) is 0 Å². The van der Waals surface area contributed by atoms with Crippen LogP contribution in [-0.2, 0) is 18.0 Å². The predicted octanol–water partition coefficient (Wildman–Crippen LogP) is 5.53. The molecule has 1 heterocycles. The highest BCUT2D eigenvalue weighted by Crippen LogP contribution is 2.37. The smallest absolute Gasteiger partial charge is 0.0727 e. The number of halogens is 2. The van der Waals surface area contributed by atoms with Crippen molar-refractivity contribution in [1.29, 1.82) is 0 Å². The molecule has 0 aliphatic carbocycles. The van der Waals surface area contributed by atoms with Gasteiger partial charge in [0.15, 0.2) is 0 Å². The van der Waals surface area contributed by atoms with Gasteiger partial charge < -0.3 is 4.74 Å². The first kappa shape index (κ1) is 13.3. The van der Waals surface area contributed by atoms with Crippen LogP contribution in [0.3, 0.4) is 0 Å². The lowest BCUT2D eigenvalue weighted by molar-refractivity contribution is 0.109. The lowest BCUT2D eigenvalue weighted by atomic mass is 9.94. The van der Waals surface area contributed by atoms with Gasteiger partial charge in [-0.3, -0.25) is 0 Å². The molecule has 0 amide bonds. The van der Waals surface area contributed by atoms with Gasteiger partial charge in [-0.25, -0.2) is 0 Å². The van der Waals surface area contributed by atoms with E-state index in [1.807, 2.05) is 0 Å². The van der Waals surface area contributed by atoms with Crippen molar-refractivity contribution < 1.29 is 4.74 Å². The standard InChI is InChI=1S/C16H14Br2O/c1-9-3-13-11(5-15(9)17)7-19-8-12-6-16(18)10(2)4-14(12)13/h3-6H,7-8H2,1-2H3. The van der Waals surface area contributed by atoms with Crippen molar-refractivity contribution in [3.05, 3.63) is 55.5 Å². The number of ether oxygens (including phenoxy) is 1. The summed E-state index contributed by atoms with van der Waals surface area (Å²) < 4.78 is 8.09. The normalized spacial score (nSPS) is 13.7. The molecule has 1 aliphatic heterocycles. The van der Waals surface area contributed by atoms with Gasteiger partial charge in [0, 0.05) is 8.95 Å². The highest BCUT2D eigenvalue weighted by atomic mass is 79.9. The fourth-order valence-corrected chi connectivity index (χ4v) is 3.24. The Labute approximate surface area is 130 Å². The topological polar surface area (TPSA) is 9.23 Å². The molecule has 3 rings (SSSR count). The molecule has 1 nitrogen and oxygen atoms in total. The fraction of sp³-hybridized carbons (Fsp3) is 0.250. The molecule has 0 saturated heterocycles. The molecule has 98 valence electrons. The zero-order valence-corrected chi connectivity index (χ0v) is 14.1. The van der Waals surface area contributed by atoms with Crippen LogP contribution in [0.1, 0.15) is 22.3 Å². The van der Waals surface area contributed by atoms with Crippen LogP contribution < -0.4 is 0 Å². The van der Waals surface area contributed by atoms with E-state index in [2.05, 4.69) is 70.0 Å². The Bertz CT molecular complexity index is 605. The van der Waals surface area contributed by atoms with E-state index in [-0.39, 0.29) is 0 Å². The molecule has 19 heavy (non-hydrogen) atoms. The van der Waals surface area contributed by atoms with Crippen molar-refractivity contribution >= 4 is 31.9 Å². The van der Waals surface area contributed by atoms with Crippen molar-refractivity contribution in [1.82, 2.24) is 0 Å². The molecular formula is C16H14Br2O. The van der Waals surface area contributed by atoms with Crippen molar-refractivity contribution in [2.24, 2.45) is 0 Å². The van der Waals surface area contributed by atoms with Crippen LogP contribution in [0.4, 0.5) is 0 Å². The molecule has 2 aromatic carbocycles.